The highest BCUT2D eigenvalue weighted by molar-refractivity contribution is 7.91. The Labute approximate surface area is 167 Å². The molecule has 0 spiro atoms. The third-order valence-electron chi connectivity index (χ3n) is 2.37. The molecule has 2 amide bonds. The highest BCUT2D eigenvalue weighted by atomic mass is 32.3. The second-order valence-corrected chi connectivity index (χ2v) is 10.3. The van der Waals surface area contributed by atoms with Gasteiger partial charge in [0.1, 0.15) is 0 Å². The second kappa shape index (κ2) is 8.92. The summed E-state index contributed by atoms with van der Waals surface area (Å²) in [5.41, 5.74) is 0. The number of sulfonamides is 2. The van der Waals surface area contributed by atoms with E-state index in [1.807, 2.05) is 0 Å². The number of aryl methyl sites for hydroxylation is 2. The van der Waals surface area contributed by atoms with E-state index < -0.39 is 31.9 Å². The maximum atomic E-state index is 10.9. The molecule has 14 nitrogen and oxygen atoms in total. The smallest absolute Gasteiger partial charge is 0.267 e. The largest absolute Gasteiger partial charge is 0.273 e. The first-order valence-corrected chi connectivity index (χ1v) is 11.6. The lowest BCUT2D eigenvalue weighted by atomic mass is 10.8. The summed E-state index contributed by atoms with van der Waals surface area (Å²) in [5, 5.41) is 16.9. The Balaban J connectivity index is 0.000000280. The number of primary sulfonamides is 2. The van der Waals surface area contributed by atoms with E-state index in [0.717, 1.165) is 22.7 Å². The van der Waals surface area contributed by atoms with Gasteiger partial charge in [-0.1, -0.05) is 22.7 Å². The zero-order valence-corrected chi connectivity index (χ0v) is 18.2. The molecule has 28 heavy (non-hydrogen) atoms. The van der Waals surface area contributed by atoms with Gasteiger partial charge in [0.25, 0.3) is 20.0 Å². The highest BCUT2D eigenvalue weighted by Crippen LogP contribution is 2.04. The molecule has 18 heteroatoms. The average Bonchev–Trinajstić information content (AvgIpc) is 3.02. The van der Waals surface area contributed by atoms with E-state index in [-0.39, 0.29) is 18.3 Å². The van der Waals surface area contributed by atoms with Crippen molar-refractivity contribution in [1.29, 1.82) is 0 Å². The van der Waals surface area contributed by atoms with Crippen molar-refractivity contribution < 1.29 is 26.4 Å². The zero-order chi connectivity index (χ0) is 21.9. The molecule has 0 aromatic carbocycles. The molecule has 0 atom stereocenters. The molecule has 0 fully saturated rings. The quantitative estimate of drug-likeness (QED) is 0.462. The predicted molar refractivity (Wildman–Crippen MR) is 97.4 cm³/mol. The van der Waals surface area contributed by atoms with Crippen LogP contribution in [0, 0.1) is 0 Å². The summed E-state index contributed by atoms with van der Waals surface area (Å²) < 4.78 is 45.3. The summed E-state index contributed by atoms with van der Waals surface area (Å²) in [6.45, 7) is 2.52. The van der Waals surface area contributed by atoms with Gasteiger partial charge >= 0.3 is 0 Å². The SMILES string of the molecule is CC(=O)N=c1sc(S(N)(=O)=O)nn1C.CC(=O)N=c1sc(S(N)(=O)=O)nn1C. The highest BCUT2D eigenvalue weighted by Gasteiger charge is 2.15. The number of nitrogens with two attached hydrogens (primary N) is 2. The Kier molecular flexibility index (Phi) is 7.62. The minimum atomic E-state index is -3.83. The molecule has 156 valence electrons. The number of hydrogen-bond acceptors (Lipinski definition) is 10. The summed E-state index contributed by atoms with van der Waals surface area (Å²) >= 11 is 1.49. The molecular weight excluding hydrogens is 456 g/mol. The summed E-state index contributed by atoms with van der Waals surface area (Å²) in [4.78, 5) is 28.8. The molecule has 0 saturated heterocycles. The first-order valence-electron chi connectivity index (χ1n) is 6.85. The van der Waals surface area contributed by atoms with Crippen molar-refractivity contribution in [3.63, 3.8) is 0 Å². The lowest BCUT2D eigenvalue weighted by Gasteiger charge is -1.86. The van der Waals surface area contributed by atoms with Gasteiger partial charge in [0.15, 0.2) is 0 Å². The lowest BCUT2D eigenvalue weighted by Crippen LogP contribution is -2.14. The molecule has 4 N–H and O–H groups in total. The molecule has 2 aromatic rings. The van der Waals surface area contributed by atoms with Crippen molar-refractivity contribution in [2.24, 2.45) is 34.4 Å². The van der Waals surface area contributed by atoms with Crippen LogP contribution < -0.4 is 19.9 Å². The molecule has 0 radical (unpaired) electrons. The van der Waals surface area contributed by atoms with Gasteiger partial charge in [-0.15, -0.1) is 10.2 Å². The first-order chi connectivity index (χ1) is 12.6. The standard InChI is InChI=1S/2C5H8N4O3S2/c2*1-3(10)7-4-9(2)8-5(13-4)14(6,11)12/h2*1-2H3,(H2,6,11,12). The summed E-state index contributed by atoms with van der Waals surface area (Å²) in [5.74, 6) is -0.851. The van der Waals surface area contributed by atoms with Gasteiger partial charge in [0, 0.05) is 27.9 Å². The van der Waals surface area contributed by atoms with E-state index in [9.17, 15) is 26.4 Å². The van der Waals surface area contributed by atoms with E-state index in [4.69, 9.17) is 10.3 Å². The molecule has 2 rings (SSSR count). The van der Waals surface area contributed by atoms with E-state index in [1.54, 1.807) is 0 Å². The maximum absolute atomic E-state index is 10.9. The Hall–Kier alpha value is -2.12. The maximum Gasteiger partial charge on any atom is 0.267 e. The monoisotopic (exact) mass is 472 g/mol. The van der Waals surface area contributed by atoms with Crippen molar-refractivity contribution in [3.8, 4) is 0 Å². The van der Waals surface area contributed by atoms with Crippen molar-refractivity contribution in [2.75, 3.05) is 0 Å². The molecule has 0 aliphatic heterocycles. The lowest BCUT2D eigenvalue weighted by molar-refractivity contribution is -0.116. The third kappa shape index (κ3) is 7.13. The molecule has 2 aromatic heterocycles. The van der Waals surface area contributed by atoms with Crippen LogP contribution in [-0.4, -0.2) is 48.2 Å². The number of aromatic nitrogens is 4. The van der Waals surface area contributed by atoms with Gasteiger partial charge in [0.05, 0.1) is 0 Å². The van der Waals surface area contributed by atoms with Crippen LogP contribution in [0.2, 0.25) is 0 Å². The molecule has 0 aliphatic carbocycles. The number of carbonyl (C=O) groups excluding carboxylic acids is 2. The fourth-order valence-electron chi connectivity index (χ4n) is 1.35. The van der Waals surface area contributed by atoms with Gasteiger partial charge in [0.2, 0.25) is 30.1 Å². The number of carbonyl (C=O) groups is 2. The molecule has 0 saturated carbocycles. The average molecular weight is 473 g/mol. The van der Waals surface area contributed by atoms with Crippen molar-refractivity contribution in [2.45, 2.75) is 22.5 Å². The van der Waals surface area contributed by atoms with Crippen LogP contribution in [0.4, 0.5) is 0 Å². The van der Waals surface area contributed by atoms with Crippen LogP contribution in [0.3, 0.4) is 0 Å². The topological polar surface area (TPSA) is 215 Å². The molecular formula is C10H16N8O6S4. The molecule has 0 aliphatic rings. The zero-order valence-electron chi connectivity index (χ0n) is 14.9. The van der Waals surface area contributed by atoms with Crippen molar-refractivity contribution >= 4 is 54.5 Å². The minimum absolute atomic E-state index is 0.196. The van der Waals surface area contributed by atoms with Crippen LogP contribution >= 0.6 is 22.7 Å². The van der Waals surface area contributed by atoms with Gasteiger partial charge in [-0.3, -0.25) is 9.59 Å². The third-order valence-corrected chi connectivity index (χ3v) is 6.99. The summed E-state index contributed by atoms with van der Waals surface area (Å²) in [7, 11) is -4.69. The number of nitrogens with zero attached hydrogens (tertiary/aromatic N) is 6. The van der Waals surface area contributed by atoms with Crippen molar-refractivity contribution in [1.82, 2.24) is 19.6 Å². The van der Waals surface area contributed by atoms with Gasteiger partial charge in [-0.05, 0) is 0 Å². The minimum Gasteiger partial charge on any atom is -0.273 e. The second-order valence-electron chi connectivity index (χ2n) is 4.90. The van der Waals surface area contributed by atoms with Crippen LogP contribution in [0.25, 0.3) is 0 Å². The van der Waals surface area contributed by atoms with E-state index in [2.05, 4.69) is 20.2 Å². The van der Waals surface area contributed by atoms with Crippen molar-refractivity contribution in [3.05, 3.63) is 9.60 Å². The number of amides is 2. The van der Waals surface area contributed by atoms with E-state index >= 15 is 0 Å². The molecule has 0 bridgehead atoms. The Morgan fingerprint density at radius 3 is 1.29 bits per heavy atom. The normalized spacial score (nSPS) is 13.2. The Morgan fingerprint density at radius 1 is 0.821 bits per heavy atom. The first kappa shape index (κ1) is 23.9. The van der Waals surface area contributed by atoms with Crippen LogP contribution in [-0.2, 0) is 43.7 Å². The van der Waals surface area contributed by atoms with Gasteiger partial charge in [-0.25, -0.2) is 36.5 Å². The van der Waals surface area contributed by atoms with Gasteiger partial charge < -0.3 is 0 Å². The van der Waals surface area contributed by atoms with Crippen LogP contribution in [0.5, 0.6) is 0 Å². The van der Waals surface area contributed by atoms with E-state index in [1.165, 1.54) is 37.3 Å². The van der Waals surface area contributed by atoms with E-state index in [0.29, 0.717) is 0 Å². The fraction of sp³-hybridized carbons (Fsp3) is 0.400. The Bertz CT molecular complexity index is 1150. The number of rotatable bonds is 2. The summed E-state index contributed by atoms with van der Waals surface area (Å²) in [6, 6.07) is 0. The fourth-order valence-corrected chi connectivity index (χ4v) is 4.53. The number of hydrogen-bond donors (Lipinski definition) is 2. The molecule has 0 unspecified atom stereocenters. The Morgan fingerprint density at radius 2 is 1.11 bits per heavy atom. The van der Waals surface area contributed by atoms with Crippen LogP contribution in [0.1, 0.15) is 13.8 Å². The summed E-state index contributed by atoms with van der Waals surface area (Å²) in [6.07, 6.45) is 0. The van der Waals surface area contributed by atoms with Gasteiger partial charge in [-0.2, -0.15) is 9.98 Å². The predicted octanol–water partition coefficient (Wildman–Crippen LogP) is -2.85. The molecule has 2 heterocycles. The van der Waals surface area contributed by atoms with Crippen LogP contribution in [0.15, 0.2) is 18.7 Å².